The summed E-state index contributed by atoms with van der Waals surface area (Å²) < 4.78 is 0. The van der Waals surface area contributed by atoms with E-state index in [1.165, 1.54) is 12.4 Å². The van der Waals surface area contributed by atoms with Crippen molar-refractivity contribution in [3.8, 4) is 0 Å². The number of amides is 1. The van der Waals surface area contributed by atoms with E-state index in [2.05, 4.69) is 15.6 Å². The Morgan fingerprint density at radius 1 is 1.21 bits per heavy atom. The lowest BCUT2D eigenvalue weighted by Crippen LogP contribution is -2.22. The molecule has 0 saturated heterocycles. The van der Waals surface area contributed by atoms with Gasteiger partial charge in [-0.3, -0.25) is 4.79 Å². The SMILES string of the molecule is C/C(NCCC(=O)Nc1c[nH]cc1C(=O)O)=C(/N)c1ccccc1. The van der Waals surface area contributed by atoms with Crippen molar-refractivity contribution < 1.29 is 14.7 Å². The monoisotopic (exact) mass is 328 g/mol. The molecule has 1 amide bonds. The third-order valence-corrected chi connectivity index (χ3v) is 3.48. The van der Waals surface area contributed by atoms with Crippen molar-refractivity contribution >= 4 is 23.3 Å². The van der Waals surface area contributed by atoms with Crippen LogP contribution >= 0.6 is 0 Å². The van der Waals surface area contributed by atoms with Gasteiger partial charge in [-0.2, -0.15) is 0 Å². The first-order chi connectivity index (χ1) is 11.5. The molecular formula is C17H20N4O3. The summed E-state index contributed by atoms with van der Waals surface area (Å²) in [7, 11) is 0. The number of carbonyl (C=O) groups excluding carboxylic acids is 1. The average Bonchev–Trinajstić information content (AvgIpc) is 3.03. The van der Waals surface area contributed by atoms with Crippen LogP contribution in [-0.4, -0.2) is 28.5 Å². The molecule has 0 fully saturated rings. The number of carbonyl (C=O) groups is 2. The number of carboxylic acids is 1. The fraction of sp³-hybridized carbons (Fsp3) is 0.176. The molecule has 7 heteroatoms. The second kappa shape index (κ2) is 7.87. The number of aromatic amines is 1. The van der Waals surface area contributed by atoms with Gasteiger partial charge in [-0.05, 0) is 12.5 Å². The molecule has 0 unspecified atom stereocenters. The Morgan fingerprint density at radius 3 is 2.58 bits per heavy atom. The van der Waals surface area contributed by atoms with E-state index in [-0.39, 0.29) is 23.6 Å². The Balaban J connectivity index is 1.86. The molecule has 1 heterocycles. The first kappa shape index (κ1) is 17.1. The number of nitrogens with one attached hydrogen (secondary N) is 3. The lowest BCUT2D eigenvalue weighted by atomic mass is 10.1. The van der Waals surface area contributed by atoms with Crippen LogP contribution < -0.4 is 16.4 Å². The second-order valence-electron chi connectivity index (χ2n) is 5.22. The van der Waals surface area contributed by atoms with Crippen LogP contribution in [0.3, 0.4) is 0 Å². The molecule has 2 rings (SSSR count). The van der Waals surface area contributed by atoms with Gasteiger partial charge in [0.05, 0.1) is 11.4 Å². The molecule has 0 aliphatic heterocycles. The van der Waals surface area contributed by atoms with Crippen molar-refractivity contribution in [1.82, 2.24) is 10.3 Å². The number of allylic oxidation sites excluding steroid dienone is 1. The van der Waals surface area contributed by atoms with Crippen LogP contribution in [-0.2, 0) is 4.79 Å². The molecule has 0 atom stereocenters. The maximum atomic E-state index is 11.9. The fourth-order valence-electron chi connectivity index (χ4n) is 2.15. The first-order valence-electron chi connectivity index (χ1n) is 7.44. The lowest BCUT2D eigenvalue weighted by molar-refractivity contribution is -0.116. The summed E-state index contributed by atoms with van der Waals surface area (Å²) in [6, 6.07) is 9.54. The summed E-state index contributed by atoms with van der Waals surface area (Å²) in [5.41, 5.74) is 8.65. The normalized spacial score (nSPS) is 11.5. The molecule has 0 radical (unpaired) electrons. The molecule has 126 valence electrons. The minimum absolute atomic E-state index is 0.0284. The summed E-state index contributed by atoms with van der Waals surface area (Å²) in [4.78, 5) is 25.5. The van der Waals surface area contributed by atoms with Crippen LogP contribution in [0.5, 0.6) is 0 Å². The Morgan fingerprint density at radius 2 is 1.92 bits per heavy atom. The van der Waals surface area contributed by atoms with E-state index in [4.69, 9.17) is 10.8 Å². The third-order valence-electron chi connectivity index (χ3n) is 3.48. The van der Waals surface area contributed by atoms with Crippen molar-refractivity contribution in [2.45, 2.75) is 13.3 Å². The van der Waals surface area contributed by atoms with Gasteiger partial charge in [0.2, 0.25) is 5.91 Å². The van der Waals surface area contributed by atoms with Crippen LogP contribution in [0.2, 0.25) is 0 Å². The number of aromatic carboxylic acids is 1. The minimum atomic E-state index is -1.10. The molecule has 0 saturated carbocycles. The third kappa shape index (κ3) is 4.39. The number of aromatic nitrogens is 1. The van der Waals surface area contributed by atoms with E-state index in [1.807, 2.05) is 37.3 Å². The Bertz CT molecular complexity index is 750. The Kier molecular flexibility index (Phi) is 5.62. The lowest BCUT2D eigenvalue weighted by Gasteiger charge is -2.11. The van der Waals surface area contributed by atoms with Gasteiger partial charge in [-0.25, -0.2) is 4.79 Å². The molecule has 6 N–H and O–H groups in total. The molecule has 0 bridgehead atoms. The summed E-state index contributed by atoms with van der Waals surface area (Å²) in [5.74, 6) is -1.38. The van der Waals surface area contributed by atoms with E-state index in [0.717, 1.165) is 11.3 Å². The summed E-state index contributed by atoms with van der Waals surface area (Å²) >= 11 is 0. The molecule has 1 aromatic heterocycles. The topological polar surface area (TPSA) is 120 Å². The number of anilines is 1. The highest BCUT2D eigenvalue weighted by molar-refractivity contribution is 6.00. The van der Waals surface area contributed by atoms with E-state index in [0.29, 0.717) is 12.2 Å². The quantitative estimate of drug-likeness (QED) is 0.532. The largest absolute Gasteiger partial charge is 0.478 e. The fourth-order valence-corrected chi connectivity index (χ4v) is 2.15. The van der Waals surface area contributed by atoms with Crippen LogP contribution in [0.1, 0.15) is 29.3 Å². The van der Waals surface area contributed by atoms with E-state index in [9.17, 15) is 9.59 Å². The Labute approximate surface area is 139 Å². The van der Waals surface area contributed by atoms with Gasteiger partial charge in [-0.1, -0.05) is 30.3 Å². The summed E-state index contributed by atoms with van der Waals surface area (Å²) in [6.07, 6.45) is 2.95. The number of carboxylic acid groups (broad SMARTS) is 1. The molecule has 0 spiro atoms. The predicted octanol–water partition coefficient (Wildman–Crippen LogP) is 1.98. The molecule has 0 aliphatic carbocycles. The highest BCUT2D eigenvalue weighted by atomic mass is 16.4. The molecule has 7 nitrogen and oxygen atoms in total. The zero-order valence-corrected chi connectivity index (χ0v) is 13.3. The molecule has 24 heavy (non-hydrogen) atoms. The van der Waals surface area contributed by atoms with Crippen molar-refractivity contribution in [1.29, 1.82) is 0 Å². The number of hydrogen-bond donors (Lipinski definition) is 5. The molecule has 1 aromatic carbocycles. The van der Waals surface area contributed by atoms with E-state index < -0.39 is 5.97 Å². The van der Waals surface area contributed by atoms with Crippen LogP contribution in [0.15, 0.2) is 48.4 Å². The Hall–Kier alpha value is -3.22. The second-order valence-corrected chi connectivity index (χ2v) is 5.22. The van der Waals surface area contributed by atoms with E-state index >= 15 is 0 Å². The maximum Gasteiger partial charge on any atom is 0.339 e. The highest BCUT2D eigenvalue weighted by Crippen LogP contribution is 2.14. The molecule has 0 aliphatic rings. The smallest absolute Gasteiger partial charge is 0.339 e. The minimum Gasteiger partial charge on any atom is -0.478 e. The molecule has 2 aromatic rings. The van der Waals surface area contributed by atoms with Crippen molar-refractivity contribution in [3.63, 3.8) is 0 Å². The zero-order valence-electron chi connectivity index (χ0n) is 13.3. The van der Waals surface area contributed by atoms with Gasteiger partial charge < -0.3 is 26.5 Å². The van der Waals surface area contributed by atoms with Crippen LogP contribution in [0.4, 0.5) is 5.69 Å². The summed E-state index contributed by atoms with van der Waals surface area (Å²) in [5, 5.41) is 14.6. The number of nitrogens with two attached hydrogens (primary N) is 1. The van der Waals surface area contributed by atoms with Crippen molar-refractivity contribution in [2.24, 2.45) is 5.73 Å². The number of H-pyrrole nitrogens is 1. The number of benzene rings is 1. The zero-order chi connectivity index (χ0) is 17.5. The van der Waals surface area contributed by atoms with Gasteiger partial charge >= 0.3 is 5.97 Å². The highest BCUT2D eigenvalue weighted by Gasteiger charge is 2.13. The van der Waals surface area contributed by atoms with Crippen molar-refractivity contribution in [3.05, 3.63) is 59.5 Å². The maximum absolute atomic E-state index is 11.9. The van der Waals surface area contributed by atoms with Crippen LogP contribution in [0.25, 0.3) is 5.70 Å². The number of hydrogen-bond acceptors (Lipinski definition) is 4. The van der Waals surface area contributed by atoms with E-state index in [1.54, 1.807) is 0 Å². The van der Waals surface area contributed by atoms with Gasteiger partial charge in [0.25, 0.3) is 0 Å². The number of rotatable bonds is 7. The average molecular weight is 328 g/mol. The predicted molar refractivity (Wildman–Crippen MR) is 92.2 cm³/mol. The van der Waals surface area contributed by atoms with Gasteiger partial charge in [0, 0.05) is 31.1 Å². The van der Waals surface area contributed by atoms with Crippen LogP contribution in [0, 0.1) is 0 Å². The van der Waals surface area contributed by atoms with Gasteiger partial charge in [-0.15, -0.1) is 0 Å². The molecular weight excluding hydrogens is 308 g/mol. The van der Waals surface area contributed by atoms with Crippen molar-refractivity contribution in [2.75, 3.05) is 11.9 Å². The van der Waals surface area contributed by atoms with Gasteiger partial charge in [0.1, 0.15) is 5.56 Å². The standard InChI is InChI=1S/C17H20N4O3/c1-11(16(18)12-5-3-2-4-6-12)20-8-7-15(22)21-14-10-19-9-13(14)17(23)24/h2-6,9-10,19-20H,7-8,18H2,1H3,(H,21,22)(H,23,24)/b16-11-. The van der Waals surface area contributed by atoms with Gasteiger partial charge in [0.15, 0.2) is 0 Å². The first-order valence-corrected chi connectivity index (χ1v) is 7.44. The summed E-state index contributed by atoms with van der Waals surface area (Å²) in [6.45, 7) is 2.23.